The molecule has 0 saturated carbocycles. The summed E-state index contributed by atoms with van der Waals surface area (Å²) >= 11 is 0. The number of phenols is 2. The molecule has 0 heterocycles. The van der Waals surface area contributed by atoms with Crippen LogP contribution >= 0.6 is 0 Å². The molecule has 2 rings (SSSR count). The molecule has 0 amide bonds. The van der Waals surface area contributed by atoms with Gasteiger partial charge in [0.15, 0.2) is 0 Å². The van der Waals surface area contributed by atoms with E-state index in [0.29, 0.717) is 11.5 Å². The van der Waals surface area contributed by atoms with Crippen LogP contribution in [0.15, 0.2) is 24.3 Å². The molecule has 0 fully saturated rings. The molecule has 0 aliphatic rings. The Kier molecular flexibility index (Phi) is 13.6. The summed E-state index contributed by atoms with van der Waals surface area (Å²) in [6.45, 7) is 17.9. The number of aliphatic hydroxyl groups excluding tert-OH is 1. The highest BCUT2D eigenvalue weighted by atomic mass is 16.3. The molecule has 0 saturated heterocycles. The van der Waals surface area contributed by atoms with Gasteiger partial charge >= 0.3 is 0 Å². The SMILES string of the molecule is CCCCCCc1cc(C(CCC)c2cc(CCCCCO)cc(C(C)(C)CC)c2O)c(O)c(C(C)(C)CC)c1. The number of aliphatic hydroxyl groups is 1. The Hall–Kier alpha value is -2.00. The van der Waals surface area contributed by atoms with Crippen LogP contribution in [0.3, 0.4) is 0 Å². The third-order valence-corrected chi connectivity index (χ3v) is 9.40. The first kappa shape index (κ1) is 34.2. The number of rotatable bonds is 18. The Morgan fingerprint density at radius 1 is 0.600 bits per heavy atom. The van der Waals surface area contributed by atoms with Crippen LogP contribution in [-0.2, 0) is 23.7 Å². The summed E-state index contributed by atoms with van der Waals surface area (Å²) in [5, 5.41) is 33.0. The zero-order valence-corrected chi connectivity index (χ0v) is 27.1. The number of hydrogen-bond donors (Lipinski definition) is 3. The maximum absolute atomic E-state index is 11.9. The summed E-state index contributed by atoms with van der Waals surface area (Å²) in [6, 6.07) is 8.91. The minimum atomic E-state index is -0.158. The average Bonchev–Trinajstić information content (AvgIpc) is 2.93. The molecule has 0 radical (unpaired) electrons. The van der Waals surface area contributed by atoms with E-state index in [9.17, 15) is 15.3 Å². The van der Waals surface area contributed by atoms with Crippen molar-refractivity contribution in [3.63, 3.8) is 0 Å². The van der Waals surface area contributed by atoms with Crippen LogP contribution in [-0.4, -0.2) is 21.9 Å². The zero-order valence-electron chi connectivity index (χ0n) is 27.1. The van der Waals surface area contributed by atoms with E-state index in [1.165, 1.54) is 30.4 Å². The largest absolute Gasteiger partial charge is 0.507 e. The van der Waals surface area contributed by atoms with Crippen molar-refractivity contribution in [2.45, 2.75) is 156 Å². The van der Waals surface area contributed by atoms with Gasteiger partial charge in [-0.2, -0.15) is 0 Å². The van der Waals surface area contributed by atoms with Gasteiger partial charge in [-0.3, -0.25) is 0 Å². The number of benzene rings is 2. The standard InChI is InChI=1S/C37H60O3/c1-9-13-14-16-20-27-23-30(34(39)32(25-27)36(5,6)11-3)29(19-10-2)31-24-28(21-17-15-18-22-38)26-33(35(31)40)37(7,8)12-4/h23-26,29,38-40H,9-22H2,1-8H3. The van der Waals surface area contributed by atoms with Crippen molar-refractivity contribution < 1.29 is 15.3 Å². The highest BCUT2D eigenvalue weighted by Crippen LogP contribution is 2.47. The number of aryl methyl sites for hydroxylation is 2. The van der Waals surface area contributed by atoms with E-state index in [0.717, 1.165) is 86.5 Å². The molecule has 226 valence electrons. The van der Waals surface area contributed by atoms with Crippen molar-refractivity contribution in [3.8, 4) is 11.5 Å². The number of phenolic OH excluding ortho intramolecular Hbond substituents is 2. The summed E-state index contributed by atoms with van der Waals surface area (Å²) in [7, 11) is 0. The van der Waals surface area contributed by atoms with Crippen molar-refractivity contribution >= 4 is 0 Å². The molecule has 0 aliphatic heterocycles. The van der Waals surface area contributed by atoms with Crippen LogP contribution in [0.2, 0.25) is 0 Å². The lowest BCUT2D eigenvalue weighted by Gasteiger charge is -2.31. The van der Waals surface area contributed by atoms with E-state index in [2.05, 4.69) is 79.7 Å². The second-order valence-corrected chi connectivity index (χ2v) is 13.3. The number of unbranched alkanes of at least 4 members (excludes halogenated alkanes) is 5. The van der Waals surface area contributed by atoms with E-state index in [1.807, 2.05) is 0 Å². The fraction of sp³-hybridized carbons (Fsp3) is 0.676. The Labute approximate surface area is 246 Å². The van der Waals surface area contributed by atoms with Crippen molar-refractivity contribution in [3.05, 3.63) is 57.6 Å². The molecule has 3 heteroatoms. The third-order valence-electron chi connectivity index (χ3n) is 9.40. The van der Waals surface area contributed by atoms with Crippen LogP contribution in [0, 0.1) is 0 Å². The van der Waals surface area contributed by atoms with Gasteiger partial charge in [-0.05, 0) is 73.3 Å². The molecule has 0 spiro atoms. The van der Waals surface area contributed by atoms with Crippen molar-refractivity contribution in [2.75, 3.05) is 6.61 Å². The second-order valence-electron chi connectivity index (χ2n) is 13.3. The molecule has 3 N–H and O–H groups in total. The van der Waals surface area contributed by atoms with Crippen LogP contribution in [0.4, 0.5) is 0 Å². The van der Waals surface area contributed by atoms with E-state index >= 15 is 0 Å². The van der Waals surface area contributed by atoms with E-state index < -0.39 is 0 Å². The summed E-state index contributed by atoms with van der Waals surface area (Å²) in [4.78, 5) is 0. The molecule has 1 unspecified atom stereocenters. The Balaban J connectivity index is 2.76. The van der Waals surface area contributed by atoms with Crippen molar-refractivity contribution in [1.29, 1.82) is 0 Å². The first-order chi connectivity index (χ1) is 19.0. The van der Waals surface area contributed by atoms with Crippen LogP contribution in [0.5, 0.6) is 11.5 Å². The lowest BCUT2D eigenvalue weighted by molar-refractivity contribution is 0.283. The summed E-state index contributed by atoms with van der Waals surface area (Å²) in [6.07, 6.45) is 13.4. The van der Waals surface area contributed by atoms with Crippen LogP contribution < -0.4 is 0 Å². The topological polar surface area (TPSA) is 60.7 Å². The van der Waals surface area contributed by atoms with Gasteiger partial charge in [0.25, 0.3) is 0 Å². The van der Waals surface area contributed by atoms with Gasteiger partial charge in [0.2, 0.25) is 0 Å². The molecule has 2 aromatic carbocycles. The van der Waals surface area contributed by atoms with Gasteiger partial charge in [0, 0.05) is 34.8 Å². The van der Waals surface area contributed by atoms with Crippen LogP contribution in [0.25, 0.3) is 0 Å². The molecule has 2 aromatic rings. The number of hydrogen-bond acceptors (Lipinski definition) is 3. The molecule has 0 bridgehead atoms. The Morgan fingerprint density at radius 3 is 1.43 bits per heavy atom. The Morgan fingerprint density at radius 2 is 1.05 bits per heavy atom. The summed E-state index contributed by atoms with van der Waals surface area (Å²) < 4.78 is 0. The lowest BCUT2D eigenvalue weighted by atomic mass is 9.74. The van der Waals surface area contributed by atoms with Gasteiger partial charge in [-0.1, -0.05) is 112 Å². The Bertz CT molecular complexity index is 968. The van der Waals surface area contributed by atoms with E-state index in [-0.39, 0.29) is 23.4 Å². The minimum Gasteiger partial charge on any atom is -0.507 e. The highest BCUT2D eigenvalue weighted by Gasteiger charge is 2.31. The first-order valence-corrected chi connectivity index (χ1v) is 16.3. The fourth-order valence-electron chi connectivity index (χ4n) is 5.81. The summed E-state index contributed by atoms with van der Waals surface area (Å²) in [5.74, 6) is 0.732. The molecule has 1 atom stereocenters. The highest BCUT2D eigenvalue weighted by molar-refractivity contribution is 5.56. The maximum Gasteiger partial charge on any atom is 0.123 e. The maximum atomic E-state index is 11.9. The predicted octanol–water partition coefficient (Wildman–Crippen LogP) is 10.2. The molecule has 0 aliphatic carbocycles. The second kappa shape index (κ2) is 15.9. The fourth-order valence-corrected chi connectivity index (χ4v) is 5.81. The smallest absolute Gasteiger partial charge is 0.123 e. The van der Waals surface area contributed by atoms with Gasteiger partial charge < -0.3 is 15.3 Å². The number of aromatic hydroxyl groups is 2. The monoisotopic (exact) mass is 552 g/mol. The van der Waals surface area contributed by atoms with E-state index in [1.54, 1.807) is 0 Å². The first-order valence-electron chi connectivity index (χ1n) is 16.3. The zero-order chi connectivity index (χ0) is 29.9. The minimum absolute atomic E-state index is 0.0733. The average molecular weight is 553 g/mol. The molecule has 0 aromatic heterocycles. The molecular weight excluding hydrogens is 492 g/mol. The molecule has 40 heavy (non-hydrogen) atoms. The third kappa shape index (κ3) is 8.75. The van der Waals surface area contributed by atoms with Gasteiger partial charge in [0.05, 0.1) is 0 Å². The van der Waals surface area contributed by atoms with Crippen molar-refractivity contribution in [1.82, 2.24) is 0 Å². The van der Waals surface area contributed by atoms with Crippen molar-refractivity contribution in [2.24, 2.45) is 0 Å². The normalized spacial score (nSPS) is 13.1. The quantitative estimate of drug-likeness (QED) is 0.161. The van der Waals surface area contributed by atoms with E-state index in [4.69, 9.17) is 0 Å². The van der Waals surface area contributed by atoms with Gasteiger partial charge in [-0.15, -0.1) is 0 Å². The van der Waals surface area contributed by atoms with Crippen LogP contribution in [0.1, 0.15) is 165 Å². The predicted molar refractivity (Wildman–Crippen MR) is 172 cm³/mol. The van der Waals surface area contributed by atoms with Gasteiger partial charge in [0.1, 0.15) is 11.5 Å². The molecular formula is C37H60O3. The summed E-state index contributed by atoms with van der Waals surface area (Å²) in [5.41, 5.74) is 6.22. The van der Waals surface area contributed by atoms with Gasteiger partial charge in [-0.25, -0.2) is 0 Å². The lowest BCUT2D eigenvalue weighted by Crippen LogP contribution is -2.19. The molecule has 3 nitrogen and oxygen atoms in total.